The highest BCUT2D eigenvalue weighted by Crippen LogP contribution is 2.12. The van der Waals surface area contributed by atoms with Gasteiger partial charge in [-0.2, -0.15) is 0 Å². The van der Waals surface area contributed by atoms with Crippen LogP contribution in [0.5, 0.6) is 0 Å². The number of carboxylic acid groups (broad SMARTS) is 1. The van der Waals surface area contributed by atoms with Gasteiger partial charge >= 0.3 is 18.1 Å². The number of amides is 3. The van der Waals surface area contributed by atoms with Gasteiger partial charge in [0.05, 0.1) is 6.54 Å². The van der Waals surface area contributed by atoms with Crippen LogP contribution in [0.2, 0.25) is 0 Å². The van der Waals surface area contributed by atoms with Gasteiger partial charge in [0.1, 0.15) is 6.61 Å². The topological polar surface area (TPSA) is 131 Å². The van der Waals surface area contributed by atoms with E-state index in [-0.39, 0.29) is 13.2 Å². The number of carboxylic acids is 1. The van der Waals surface area contributed by atoms with Crippen LogP contribution in [0.1, 0.15) is 11.6 Å². The smallest absolute Gasteiger partial charge is 0.404 e. The zero-order valence-corrected chi connectivity index (χ0v) is 10.5. The van der Waals surface area contributed by atoms with Crippen molar-refractivity contribution in [2.75, 3.05) is 13.2 Å². The lowest BCUT2D eigenvalue weighted by Gasteiger charge is -2.15. The van der Waals surface area contributed by atoms with Crippen LogP contribution in [-0.4, -0.2) is 36.4 Å². The maximum Gasteiger partial charge on any atom is 0.404 e. The van der Waals surface area contributed by atoms with Crippen molar-refractivity contribution in [3.05, 3.63) is 35.9 Å². The van der Waals surface area contributed by atoms with E-state index in [0.717, 1.165) is 0 Å². The predicted octanol–water partition coefficient (Wildman–Crippen LogP) is 0.207. The Morgan fingerprint density at radius 2 is 1.90 bits per heavy atom. The van der Waals surface area contributed by atoms with Gasteiger partial charge in [0.2, 0.25) is 0 Å². The van der Waals surface area contributed by atoms with E-state index >= 15 is 0 Å². The molecule has 0 bridgehead atoms. The summed E-state index contributed by atoms with van der Waals surface area (Å²) < 4.78 is 4.41. The van der Waals surface area contributed by atoms with Crippen molar-refractivity contribution < 1.29 is 24.2 Å². The summed E-state index contributed by atoms with van der Waals surface area (Å²) >= 11 is 0. The van der Waals surface area contributed by atoms with Gasteiger partial charge in [0.15, 0.2) is 6.04 Å². The summed E-state index contributed by atoms with van der Waals surface area (Å²) in [6, 6.07) is 6.42. The molecule has 0 fully saturated rings. The molecule has 0 saturated carbocycles. The molecule has 8 nitrogen and oxygen atoms in total. The molecule has 20 heavy (non-hydrogen) atoms. The van der Waals surface area contributed by atoms with E-state index in [4.69, 9.17) is 10.8 Å². The molecule has 3 amide bonds. The Balaban J connectivity index is 2.48. The number of nitrogens with one attached hydrogen (secondary N) is 2. The first kappa shape index (κ1) is 15.3. The van der Waals surface area contributed by atoms with Crippen molar-refractivity contribution in [1.82, 2.24) is 10.6 Å². The monoisotopic (exact) mass is 281 g/mol. The van der Waals surface area contributed by atoms with E-state index in [1.165, 1.54) is 0 Å². The molecular formula is C12H15N3O5. The zero-order chi connectivity index (χ0) is 15.0. The Kier molecular flexibility index (Phi) is 5.82. The van der Waals surface area contributed by atoms with E-state index in [9.17, 15) is 14.4 Å². The number of nitrogens with two attached hydrogens (primary N) is 1. The van der Waals surface area contributed by atoms with Crippen LogP contribution in [0, 0.1) is 0 Å². The molecule has 1 aromatic rings. The molecule has 0 aromatic heterocycles. The number of hydrogen-bond acceptors (Lipinski definition) is 4. The molecule has 0 saturated heterocycles. The lowest BCUT2D eigenvalue weighted by Crippen LogP contribution is -2.42. The van der Waals surface area contributed by atoms with Crippen LogP contribution in [0.25, 0.3) is 0 Å². The first-order chi connectivity index (χ1) is 9.50. The van der Waals surface area contributed by atoms with Gasteiger partial charge in [-0.25, -0.2) is 14.4 Å². The van der Waals surface area contributed by atoms with Gasteiger partial charge in [-0.1, -0.05) is 30.3 Å². The average molecular weight is 281 g/mol. The molecular weight excluding hydrogens is 266 g/mol. The highest BCUT2D eigenvalue weighted by Gasteiger charge is 2.21. The van der Waals surface area contributed by atoms with Gasteiger partial charge < -0.3 is 26.2 Å². The first-order valence-electron chi connectivity index (χ1n) is 5.75. The second kappa shape index (κ2) is 7.62. The highest BCUT2D eigenvalue weighted by atomic mass is 16.5. The SMILES string of the molecule is NC(=O)OCCNC(=O)NC(C(=O)O)c1ccccc1. The van der Waals surface area contributed by atoms with E-state index in [1.807, 2.05) is 0 Å². The van der Waals surface area contributed by atoms with E-state index in [1.54, 1.807) is 30.3 Å². The predicted molar refractivity (Wildman–Crippen MR) is 68.9 cm³/mol. The van der Waals surface area contributed by atoms with E-state index in [2.05, 4.69) is 15.4 Å². The van der Waals surface area contributed by atoms with Crippen molar-refractivity contribution >= 4 is 18.1 Å². The molecule has 1 atom stereocenters. The van der Waals surface area contributed by atoms with E-state index in [0.29, 0.717) is 5.56 Å². The van der Waals surface area contributed by atoms with Crippen LogP contribution in [0.4, 0.5) is 9.59 Å². The fourth-order valence-corrected chi connectivity index (χ4v) is 1.43. The van der Waals surface area contributed by atoms with Crippen molar-refractivity contribution in [1.29, 1.82) is 0 Å². The van der Waals surface area contributed by atoms with Gasteiger partial charge in [0, 0.05) is 0 Å². The fraction of sp³-hybridized carbons (Fsp3) is 0.250. The van der Waals surface area contributed by atoms with Gasteiger partial charge in [0.25, 0.3) is 0 Å². The average Bonchev–Trinajstić information content (AvgIpc) is 2.41. The van der Waals surface area contributed by atoms with Gasteiger partial charge in [-0.15, -0.1) is 0 Å². The zero-order valence-electron chi connectivity index (χ0n) is 10.5. The summed E-state index contributed by atoms with van der Waals surface area (Å²) in [6.45, 7) is -0.0677. The summed E-state index contributed by atoms with van der Waals surface area (Å²) in [5.74, 6) is -1.18. The molecule has 0 aliphatic rings. The summed E-state index contributed by atoms with van der Waals surface area (Å²) in [4.78, 5) is 32.9. The summed E-state index contributed by atoms with van der Waals surface area (Å²) in [5.41, 5.74) is 5.19. The Bertz CT molecular complexity index is 477. The van der Waals surface area contributed by atoms with Crippen molar-refractivity contribution in [3.63, 3.8) is 0 Å². The maximum atomic E-state index is 11.5. The highest BCUT2D eigenvalue weighted by molar-refractivity contribution is 5.83. The number of rotatable bonds is 6. The minimum Gasteiger partial charge on any atom is -0.479 e. The molecule has 0 spiro atoms. The number of ether oxygens (including phenoxy) is 1. The lowest BCUT2D eigenvalue weighted by atomic mass is 10.1. The third-order valence-electron chi connectivity index (χ3n) is 2.29. The number of carbonyl (C=O) groups excluding carboxylic acids is 2. The van der Waals surface area contributed by atoms with Crippen molar-refractivity contribution in [2.24, 2.45) is 5.73 Å². The third-order valence-corrected chi connectivity index (χ3v) is 2.29. The molecule has 0 heterocycles. The summed E-state index contributed by atoms with van der Waals surface area (Å²) in [5, 5.41) is 13.7. The number of hydrogen-bond donors (Lipinski definition) is 4. The van der Waals surface area contributed by atoms with Crippen LogP contribution >= 0.6 is 0 Å². The number of carbonyl (C=O) groups is 3. The normalized spacial score (nSPS) is 11.2. The van der Waals surface area contributed by atoms with Crippen LogP contribution < -0.4 is 16.4 Å². The Morgan fingerprint density at radius 1 is 1.25 bits per heavy atom. The number of aliphatic carboxylic acids is 1. The quantitative estimate of drug-likeness (QED) is 0.553. The minimum atomic E-state index is -1.18. The van der Waals surface area contributed by atoms with Crippen molar-refractivity contribution in [3.8, 4) is 0 Å². The fourth-order valence-electron chi connectivity index (χ4n) is 1.43. The standard InChI is InChI=1S/C12H15N3O5/c13-11(18)20-7-6-14-12(19)15-9(10(16)17)8-4-2-1-3-5-8/h1-5,9H,6-7H2,(H2,13,18)(H,16,17)(H2,14,15,19). The molecule has 1 rings (SSSR count). The third kappa shape index (κ3) is 5.25. The number of urea groups is 1. The molecule has 8 heteroatoms. The molecule has 0 radical (unpaired) electrons. The molecule has 1 aromatic carbocycles. The van der Waals surface area contributed by atoms with Gasteiger partial charge in [-0.3, -0.25) is 0 Å². The minimum absolute atomic E-state index is 0.0237. The van der Waals surface area contributed by atoms with E-state index < -0.39 is 24.1 Å². The van der Waals surface area contributed by atoms with Crippen LogP contribution in [0.3, 0.4) is 0 Å². The maximum absolute atomic E-state index is 11.5. The largest absolute Gasteiger partial charge is 0.479 e. The lowest BCUT2D eigenvalue weighted by molar-refractivity contribution is -0.139. The number of primary amides is 1. The van der Waals surface area contributed by atoms with Crippen molar-refractivity contribution in [2.45, 2.75) is 6.04 Å². The summed E-state index contributed by atoms with van der Waals surface area (Å²) in [6.07, 6.45) is -0.945. The summed E-state index contributed by atoms with van der Waals surface area (Å²) in [7, 11) is 0. The molecule has 5 N–H and O–H groups in total. The molecule has 0 aliphatic heterocycles. The Hall–Kier alpha value is -2.77. The van der Waals surface area contributed by atoms with Crippen LogP contribution in [-0.2, 0) is 9.53 Å². The first-order valence-corrected chi connectivity index (χ1v) is 5.75. The Labute approximate surface area is 114 Å². The second-order valence-electron chi connectivity index (χ2n) is 3.75. The van der Waals surface area contributed by atoms with Gasteiger partial charge in [-0.05, 0) is 5.56 Å². The Morgan fingerprint density at radius 3 is 2.45 bits per heavy atom. The molecule has 0 aliphatic carbocycles. The molecule has 1 unspecified atom stereocenters. The number of benzene rings is 1. The second-order valence-corrected chi connectivity index (χ2v) is 3.75. The van der Waals surface area contributed by atoms with Crippen LogP contribution in [0.15, 0.2) is 30.3 Å². The molecule has 108 valence electrons.